The summed E-state index contributed by atoms with van der Waals surface area (Å²) in [5.74, 6) is 0. The van der Waals surface area contributed by atoms with E-state index in [1.165, 1.54) is 37.7 Å². The first kappa shape index (κ1) is 38.7. The van der Waals surface area contributed by atoms with Crippen LogP contribution in [0.1, 0.15) is 124 Å². The third-order valence-electron chi connectivity index (χ3n) is 6.89. The van der Waals surface area contributed by atoms with Crippen molar-refractivity contribution in [1.82, 2.24) is 0 Å². The molecule has 0 fully saturated rings. The van der Waals surface area contributed by atoms with E-state index in [-0.39, 0.29) is 32.1 Å². The van der Waals surface area contributed by atoms with Gasteiger partial charge in [0.25, 0.3) is 0 Å². The Bertz CT molecular complexity index is 814. The fraction of sp³-hybridized carbons (Fsp3) is 0.625. The van der Waals surface area contributed by atoms with Crippen molar-refractivity contribution in [1.29, 1.82) is 0 Å². The smallest absolute Gasteiger partial charge is 0.192 e. The molecule has 1 N–H and O–H groups in total. The van der Waals surface area contributed by atoms with Gasteiger partial charge in [0.2, 0.25) is 0 Å². The molecular formula is C32H56Br2O2Si. The van der Waals surface area contributed by atoms with Gasteiger partial charge in [-0.3, -0.25) is 0 Å². The summed E-state index contributed by atoms with van der Waals surface area (Å²) < 4.78 is 8.89. The van der Waals surface area contributed by atoms with Gasteiger partial charge in [-0.05, 0) is 66.4 Å². The van der Waals surface area contributed by atoms with Crippen molar-refractivity contribution in [2.75, 3.05) is 0 Å². The normalized spacial score (nSPS) is 12.9. The highest BCUT2D eigenvalue weighted by Crippen LogP contribution is 2.41. The predicted molar refractivity (Wildman–Crippen MR) is 176 cm³/mol. The highest BCUT2D eigenvalue weighted by atomic mass is 79.9. The van der Waals surface area contributed by atoms with E-state index in [0.29, 0.717) is 0 Å². The summed E-state index contributed by atoms with van der Waals surface area (Å²) in [4.78, 5) is 0. The molecule has 0 saturated heterocycles. The first-order valence-electron chi connectivity index (χ1n) is 13.3. The Morgan fingerprint density at radius 2 is 1.14 bits per heavy atom. The first-order chi connectivity index (χ1) is 16.4. The van der Waals surface area contributed by atoms with E-state index in [9.17, 15) is 5.11 Å². The molecule has 2 rings (SSSR count). The molecule has 2 aromatic rings. The highest BCUT2D eigenvalue weighted by molar-refractivity contribution is 9.10. The molecule has 0 bridgehead atoms. The molecule has 0 amide bonds. The summed E-state index contributed by atoms with van der Waals surface area (Å²) >= 11 is 6.90. The monoisotopic (exact) mass is 658 g/mol. The molecule has 0 aliphatic rings. The van der Waals surface area contributed by atoms with E-state index in [4.69, 9.17) is 4.43 Å². The van der Waals surface area contributed by atoms with Crippen molar-refractivity contribution in [3.05, 3.63) is 68.6 Å². The molecule has 0 aliphatic heterocycles. The van der Waals surface area contributed by atoms with E-state index in [2.05, 4.69) is 104 Å². The van der Waals surface area contributed by atoms with Gasteiger partial charge in [0.15, 0.2) is 8.32 Å². The minimum atomic E-state index is -1.74. The molecule has 0 aliphatic carbocycles. The molecule has 37 heavy (non-hydrogen) atoms. The first-order valence-corrected chi connectivity index (χ1v) is 17.8. The Morgan fingerprint density at radius 3 is 1.54 bits per heavy atom. The lowest BCUT2D eigenvalue weighted by molar-refractivity contribution is 0.163. The Hall–Kier alpha value is -0.463. The molecule has 5 heteroatoms. The second-order valence-corrected chi connectivity index (χ2v) is 17.6. The van der Waals surface area contributed by atoms with Crippen molar-refractivity contribution in [3.63, 3.8) is 0 Å². The van der Waals surface area contributed by atoms with E-state index in [1.807, 2.05) is 24.3 Å². The lowest BCUT2D eigenvalue weighted by Crippen LogP contribution is -2.41. The fourth-order valence-electron chi connectivity index (χ4n) is 3.52. The van der Waals surface area contributed by atoms with E-state index in [1.54, 1.807) is 0 Å². The second kappa shape index (κ2) is 19.6. The van der Waals surface area contributed by atoms with Gasteiger partial charge in [-0.2, -0.15) is 0 Å². The van der Waals surface area contributed by atoms with Crippen molar-refractivity contribution >= 4 is 40.2 Å². The maximum absolute atomic E-state index is 9.82. The maximum atomic E-state index is 9.82. The number of benzene rings is 2. The molecule has 0 radical (unpaired) electrons. The second-order valence-electron chi connectivity index (χ2n) is 11.0. The van der Waals surface area contributed by atoms with Crippen LogP contribution in [0.3, 0.4) is 0 Å². The molecule has 0 saturated carbocycles. The number of hydrogen-bond acceptors (Lipinski definition) is 2. The molecule has 214 valence electrons. The van der Waals surface area contributed by atoms with Crippen LogP contribution in [-0.4, -0.2) is 13.4 Å². The van der Waals surface area contributed by atoms with Crippen LogP contribution in [0.25, 0.3) is 0 Å². The molecule has 0 heterocycles. The van der Waals surface area contributed by atoms with Gasteiger partial charge >= 0.3 is 0 Å². The highest BCUT2D eigenvalue weighted by Gasteiger charge is 2.39. The minimum Gasteiger partial charge on any atom is -0.410 e. The number of hydrogen-bond donors (Lipinski definition) is 1. The largest absolute Gasteiger partial charge is 0.410 e. The molecular weight excluding hydrogens is 604 g/mol. The molecule has 2 nitrogen and oxygen atoms in total. The van der Waals surface area contributed by atoms with Crippen LogP contribution in [0, 0.1) is 0 Å². The van der Waals surface area contributed by atoms with Gasteiger partial charge in [-0.1, -0.05) is 144 Å². The fourth-order valence-corrected chi connectivity index (χ4v) is 5.37. The zero-order valence-corrected chi connectivity index (χ0v) is 27.2. The molecule has 2 aromatic carbocycles. The van der Waals surface area contributed by atoms with E-state index < -0.39 is 8.32 Å². The van der Waals surface area contributed by atoms with Crippen LogP contribution in [0.15, 0.2) is 57.5 Å². The minimum absolute atomic E-state index is 0. The van der Waals surface area contributed by atoms with Crippen molar-refractivity contribution in [3.8, 4) is 0 Å². The van der Waals surface area contributed by atoms with E-state index in [0.717, 1.165) is 33.8 Å². The van der Waals surface area contributed by atoms with Crippen LogP contribution in [0.5, 0.6) is 0 Å². The summed E-state index contributed by atoms with van der Waals surface area (Å²) in [6.07, 6.45) is 9.24. The average molecular weight is 661 g/mol. The van der Waals surface area contributed by atoms with Gasteiger partial charge < -0.3 is 9.53 Å². The lowest BCUT2D eigenvalue weighted by atomic mass is 10.0. The number of aliphatic hydroxyl groups is 1. The Balaban J connectivity index is 0. The average Bonchev–Trinajstić information content (AvgIpc) is 2.79. The van der Waals surface area contributed by atoms with Crippen LogP contribution >= 0.6 is 31.9 Å². The number of aliphatic hydroxyl groups excluding tert-OH is 1. The predicted octanol–water partition coefficient (Wildman–Crippen LogP) is 12.4. The number of unbranched alkanes of at least 4 members (excludes halogenated alkanes) is 4. The molecule has 2 atom stereocenters. The Morgan fingerprint density at radius 1 is 0.730 bits per heavy atom. The zero-order chi connectivity index (χ0) is 26.5. The summed E-state index contributed by atoms with van der Waals surface area (Å²) in [6, 6.07) is 16.5. The summed E-state index contributed by atoms with van der Waals surface area (Å²) in [7, 11) is -1.74. The summed E-state index contributed by atoms with van der Waals surface area (Å²) in [5, 5.41) is 10.1. The topological polar surface area (TPSA) is 29.5 Å². The lowest BCUT2D eigenvalue weighted by Gasteiger charge is -2.39. The van der Waals surface area contributed by atoms with Gasteiger partial charge in [0.05, 0.1) is 12.2 Å². The Labute approximate surface area is 248 Å². The molecule has 0 aromatic heterocycles. The van der Waals surface area contributed by atoms with Crippen LogP contribution in [0.2, 0.25) is 18.1 Å². The van der Waals surface area contributed by atoms with Crippen molar-refractivity contribution < 1.29 is 9.53 Å². The summed E-state index contributed by atoms with van der Waals surface area (Å²) in [5.41, 5.74) is 2.34. The third-order valence-corrected chi connectivity index (χ3v) is 12.4. The maximum Gasteiger partial charge on any atom is 0.192 e. The zero-order valence-electron chi connectivity index (χ0n) is 23.0. The van der Waals surface area contributed by atoms with Gasteiger partial charge in [-0.15, -0.1) is 0 Å². The van der Waals surface area contributed by atoms with Crippen molar-refractivity contribution in [2.24, 2.45) is 0 Å². The van der Waals surface area contributed by atoms with Gasteiger partial charge in [-0.25, -0.2) is 0 Å². The number of rotatable bonds is 12. The molecule has 0 unspecified atom stereocenters. The number of halogens is 2. The molecule has 0 spiro atoms. The summed E-state index contributed by atoms with van der Waals surface area (Å²) in [6.45, 7) is 16.0. The van der Waals surface area contributed by atoms with Crippen LogP contribution < -0.4 is 0 Å². The van der Waals surface area contributed by atoms with E-state index >= 15 is 0 Å². The van der Waals surface area contributed by atoms with Crippen molar-refractivity contribution in [2.45, 2.75) is 131 Å². The standard InChI is InChI=1S/C18H31BrOSi.C12H17BrO.2CH4/c1-7-8-9-10-17(15-11-13-16(19)14-12-15)20-21(5,6)18(2,3)4;1-2-3-4-5-12(14)10-6-8-11(13)9-7-10;;/h11-14,17H,7-10H2,1-6H3;6-9,12,14H,2-5H2,1H3;2*1H4/t17-;12-;;/m10../s1. The van der Waals surface area contributed by atoms with Gasteiger partial charge in [0.1, 0.15) is 0 Å². The SMILES string of the molecule is C.C.CCCCC[C@@H](O[Si](C)(C)C(C)(C)C)c1ccc(Br)cc1.CCCCC[C@H](O)c1ccc(Br)cc1. The quantitative estimate of drug-likeness (QED) is 0.181. The Kier molecular flexibility index (Phi) is 20.5. The van der Waals surface area contributed by atoms with Crippen LogP contribution in [-0.2, 0) is 4.43 Å². The van der Waals surface area contributed by atoms with Crippen LogP contribution in [0.4, 0.5) is 0 Å². The third kappa shape index (κ3) is 15.0. The van der Waals surface area contributed by atoms with Gasteiger partial charge in [0, 0.05) is 8.95 Å².